The van der Waals surface area contributed by atoms with Crippen LogP contribution in [0.2, 0.25) is 0 Å². The molecule has 0 unspecified atom stereocenters. The van der Waals surface area contributed by atoms with Crippen molar-refractivity contribution in [1.29, 1.82) is 5.26 Å². The van der Waals surface area contributed by atoms with Gasteiger partial charge in [-0.3, -0.25) is 0 Å². The van der Waals surface area contributed by atoms with Gasteiger partial charge >= 0.3 is 0 Å². The van der Waals surface area contributed by atoms with Crippen molar-refractivity contribution in [2.75, 3.05) is 13.7 Å². The van der Waals surface area contributed by atoms with E-state index >= 15 is 0 Å². The van der Waals surface area contributed by atoms with E-state index in [2.05, 4.69) is 11.1 Å². The van der Waals surface area contributed by atoms with Crippen LogP contribution in [-0.2, 0) is 17.8 Å². The molecule has 1 aromatic heterocycles. The van der Waals surface area contributed by atoms with E-state index in [4.69, 9.17) is 14.7 Å². The molecule has 104 valence electrons. The Morgan fingerprint density at radius 3 is 2.85 bits per heavy atom. The number of thiazole rings is 1. The second-order valence-electron chi connectivity index (χ2n) is 4.09. The van der Waals surface area contributed by atoms with E-state index in [0.29, 0.717) is 19.6 Å². The van der Waals surface area contributed by atoms with Crippen molar-refractivity contribution in [3.63, 3.8) is 0 Å². The number of nitriles is 1. The predicted octanol–water partition coefficient (Wildman–Crippen LogP) is 3.42. The van der Waals surface area contributed by atoms with E-state index in [-0.39, 0.29) is 0 Å². The van der Waals surface area contributed by atoms with Crippen molar-refractivity contribution >= 4 is 11.3 Å². The normalized spacial score (nSPS) is 10.2. The molecule has 0 aliphatic carbocycles. The summed E-state index contributed by atoms with van der Waals surface area (Å²) in [6, 6.07) is 9.98. The van der Waals surface area contributed by atoms with Gasteiger partial charge in [-0.2, -0.15) is 5.26 Å². The maximum absolute atomic E-state index is 8.89. The second-order valence-corrected chi connectivity index (χ2v) is 5.17. The summed E-state index contributed by atoms with van der Waals surface area (Å²) in [6.45, 7) is 2.98. The highest BCUT2D eigenvalue weighted by Gasteiger charge is 2.15. The summed E-state index contributed by atoms with van der Waals surface area (Å²) in [6.07, 6.45) is 0.354. The summed E-state index contributed by atoms with van der Waals surface area (Å²) in [5, 5.41) is 9.76. The monoisotopic (exact) mass is 288 g/mol. The van der Waals surface area contributed by atoms with Gasteiger partial charge in [0.1, 0.15) is 10.8 Å². The molecule has 0 fully saturated rings. The molecule has 0 bridgehead atoms. The van der Waals surface area contributed by atoms with Crippen molar-refractivity contribution < 1.29 is 9.47 Å². The van der Waals surface area contributed by atoms with Gasteiger partial charge in [0, 0.05) is 12.0 Å². The molecule has 0 N–H and O–H groups in total. The number of nitrogens with zero attached hydrogens (tertiary/aromatic N) is 2. The summed E-state index contributed by atoms with van der Waals surface area (Å²) >= 11 is 1.52. The van der Waals surface area contributed by atoms with Gasteiger partial charge in [-0.05, 0) is 19.1 Å². The highest BCUT2D eigenvalue weighted by Crippen LogP contribution is 2.34. The molecule has 0 radical (unpaired) electrons. The van der Waals surface area contributed by atoms with Crippen molar-refractivity contribution in [2.24, 2.45) is 0 Å². The molecule has 0 saturated heterocycles. The lowest BCUT2D eigenvalue weighted by atomic mass is 10.2. The second kappa shape index (κ2) is 7.04. The van der Waals surface area contributed by atoms with Crippen molar-refractivity contribution in [2.45, 2.75) is 20.0 Å². The zero-order valence-corrected chi connectivity index (χ0v) is 12.4. The van der Waals surface area contributed by atoms with Crippen molar-refractivity contribution in [1.82, 2.24) is 4.98 Å². The molecule has 1 aromatic carbocycles. The summed E-state index contributed by atoms with van der Waals surface area (Å²) in [4.78, 5) is 5.55. The predicted molar refractivity (Wildman–Crippen MR) is 78.7 cm³/mol. The summed E-state index contributed by atoms with van der Waals surface area (Å²) in [5.74, 6) is 0.816. The van der Waals surface area contributed by atoms with Crippen LogP contribution in [0.25, 0.3) is 10.6 Å². The number of hydrogen-bond acceptors (Lipinski definition) is 5. The first-order valence-electron chi connectivity index (χ1n) is 6.36. The van der Waals surface area contributed by atoms with E-state index < -0.39 is 0 Å². The van der Waals surface area contributed by atoms with Gasteiger partial charge in [-0.25, -0.2) is 4.98 Å². The Balaban J connectivity index is 2.42. The minimum absolute atomic E-state index is 0.354. The number of benzene rings is 1. The third-order valence-corrected chi connectivity index (χ3v) is 3.85. The lowest BCUT2D eigenvalue weighted by Gasteiger charge is -2.07. The fourth-order valence-corrected chi connectivity index (χ4v) is 2.91. The van der Waals surface area contributed by atoms with Crippen LogP contribution < -0.4 is 4.74 Å². The van der Waals surface area contributed by atoms with Crippen LogP contribution in [0.4, 0.5) is 0 Å². The smallest absolute Gasteiger partial charge is 0.129 e. The van der Waals surface area contributed by atoms with Crippen LogP contribution in [0, 0.1) is 11.3 Å². The average molecular weight is 288 g/mol. The first-order chi connectivity index (χ1) is 9.80. The molecule has 20 heavy (non-hydrogen) atoms. The quantitative estimate of drug-likeness (QED) is 0.817. The largest absolute Gasteiger partial charge is 0.493 e. The number of ether oxygens (including phenoxy) is 2. The minimum atomic E-state index is 0.354. The molecule has 2 aromatic rings. The number of para-hydroxylation sites is 1. The Hall–Kier alpha value is -1.90. The number of methoxy groups -OCH3 is 1. The zero-order valence-electron chi connectivity index (χ0n) is 11.5. The van der Waals surface area contributed by atoms with E-state index in [0.717, 1.165) is 26.9 Å². The summed E-state index contributed by atoms with van der Waals surface area (Å²) in [5.41, 5.74) is 1.79. The Bertz CT molecular complexity index is 617. The molecule has 2 rings (SSSR count). The van der Waals surface area contributed by atoms with Crippen molar-refractivity contribution in [3.8, 4) is 22.4 Å². The fourth-order valence-electron chi connectivity index (χ4n) is 1.88. The highest BCUT2D eigenvalue weighted by molar-refractivity contribution is 7.15. The number of hydrogen-bond donors (Lipinski definition) is 0. The van der Waals surface area contributed by atoms with Crippen molar-refractivity contribution in [3.05, 3.63) is 34.8 Å². The molecule has 0 atom stereocenters. The molecule has 0 aliphatic heterocycles. The van der Waals surface area contributed by atoms with E-state index in [9.17, 15) is 0 Å². The van der Waals surface area contributed by atoms with E-state index in [1.54, 1.807) is 7.11 Å². The standard InChI is InChI=1S/C15H16N2O2S/c1-3-19-13-7-5-4-6-11(13)15-17-12(10-18-2)14(20-15)8-9-16/h4-7H,3,8,10H2,1-2H3. The molecule has 0 amide bonds. The third kappa shape index (κ3) is 3.16. The van der Waals surface area contributed by atoms with E-state index in [1.807, 2.05) is 31.2 Å². The fraction of sp³-hybridized carbons (Fsp3) is 0.333. The van der Waals surface area contributed by atoms with Crippen LogP contribution in [0.1, 0.15) is 17.5 Å². The number of rotatable bonds is 6. The zero-order chi connectivity index (χ0) is 14.4. The summed E-state index contributed by atoms with van der Waals surface area (Å²) < 4.78 is 10.8. The Labute approximate surface area is 122 Å². The third-order valence-electron chi connectivity index (χ3n) is 2.72. The van der Waals surface area contributed by atoms with Gasteiger partial charge in [-0.15, -0.1) is 11.3 Å². The van der Waals surface area contributed by atoms with Gasteiger partial charge in [0.15, 0.2) is 0 Å². The molecule has 1 heterocycles. The van der Waals surface area contributed by atoms with Gasteiger partial charge in [0.05, 0.1) is 37.0 Å². The first-order valence-corrected chi connectivity index (χ1v) is 7.18. The van der Waals surface area contributed by atoms with Gasteiger partial charge in [0.25, 0.3) is 0 Å². The molecule has 4 nitrogen and oxygen atoms in total. The van der Waals surface area contributed by atoms with Crippen LogP contribution in [0.3, 0.4) is 0 Å². The highest BCUT2D eigenvalue weighted by atomic mass is 32.1. The number of aromatic nitrogens is 1. The average Bonchev–Trinajstić information content (AvgIpc) is 2.84. The minimum Gasteiger partial charge on any atom is -0.493 e. The van der Waals surface area contributed by atoms with Crippen LogP contribution in [0.15, 0.2) is 24.3 Å². The Morgan fingerprint density at radius 2 is 2.15 bits per heavy atom. The molecule has 0 spiro atoms. The first kappa shape index (κ1) is 14.5. The molecule has 0 aliphatic rings. The molecule has 5 heteroatoms. The lowest BCUT2D eigenvalue weighted by Crippen LogP contribution is -1.94. The SMILES string of the molecule is CCOc1ccccc1-c1nc(COC)c(CC#N)s1. The van der Waals surface area contributed by atoms with Gasteiger partial charge in [0.2, 0.25) is 0 Å². The van der Waals surface area contributed by atoms with Gasteiger partial charge in [-0.1, -0.05) is 12.1 Å². The Morgan fingerprint density at radius 1 is 1.35 bits per heavy atom. The Kier molecular flexibility index (Phi) is 5.10. The maximum atomic E-state index is 8.89. The summed E-state index contributed by atoms with van der Waals surface area (Å²) in [7, 11) is 1.63. The van der Waals surface area contributed by atoms with E-state index in [1.165, 1.54) is 11.3 Å². The molecular weight excluding hydrogens is 272 g/mol. The topological polar surface area (TPSA) is 55.1 Å². The molecule has 0 saturated carbocycles. The van der Waals surface area contributed by atoms with Crippen LogP contribution in [-0.4, -0.2) is 18.7 Å². The maximum Gasteiger partial charge on any atom is 0.129 e. The van der Waals surface area contributed by atoms with Crippen LogP contribution in [0.5, 0.6) is 5.75 Å². The van der Waals surface area contributed by atoms with Crippen LogP contribution >= 0.6 is 11.3 Å². The van der Waals surface area contributed by atoms with Gasteiger partial charge < -0.3 is 9.47 Å². The molecular formula is C15H16N2O2S. The lowest BCUT2D eigenvalue weighted by molar-refractivity contribution is 0.181.